The molecule has 1 aromatic heterocycles. The second-order valence-electron chi connectivity index (χ2n) is 7.67. The normalized spacial score (nSPS) is 14.1. The fourth-order valence-corrected chi connectivity index (χ4v) is 4.14. The molecule has 4 nitrogen and oxygen atoms in total. The molecule has 1 saturated heterocycles. The van der Waals surface area contributed by atoms with Crippen LogP contribution in [0.3, 0.4) is 0 Å². The molecule has 1 amide bonds. The topological polar surface area (TPSA) is 36.4 Å². The number of hydrogen-bond donors (Lipinski definition) is 0. The Kier molecular flexibility index (Phi) is 5.08. The van der Waals surface area contributed by atoms with E-state index in [0.717, 1.165) is 22.2 Å². The van der Waals surface area contributed by atoms with Gasteiger partial charge in [0.25, 0.3) is 5.91 Å². The van der Waals surface area contributed by atoms with E-state index >= 15 is 0 Å². The number of nitrogens with zero attached hydrogens (tertiary/aromatic N) is 3. The molecule has 0 saturated carbocycles. The maximum Gasteiger partial charge on any atom is 0.254 e. The Labute approximate surface area is 180 Å². The van der Waals surface area contributed by atoms with E-state index in [0.29, 0.717) is 37.4 Å². The number of amides is 1. The number of pyridine rings is 1. The maximum atomic E-state index is 14.1. The second-order valence-corrected chi connectivity index (χ2v) is 7.67. The highest BCUT2D eigenvalue weighted by molar-refractivity contribution is 6.07. The Morgan fingerprint density at radius 1 is 0.806 bits per heavy atom. The summed E-state index contributed by atoms with van der Waals surface area (Å²) in [7, 11) is 0. The molecule has 0 spiro atoms. The van der Waals surface area contributed by atoms with Gasteiger partial charge in [-0.3, -0.25) is 4.79 Å². The molecule has 154 valence electrons. The summed E-state index contributed by atoms with van der Waals surface area (Å²) in [6.07, 6.45) is 0. The van der Waals surface area contributed by atoms with Crippen LogP contribution in [-0.4, -0.2) is 42.0 Å². The first kappa shape index (κ1) is 19.2. The predicted octanol–water partition coefficient (Wildman–Crippen LogP) is 5.00. The monoisotopic (exact) mass is 411 g/mol. The molecule has 0 N–H and O–H groups in total. The van der Waals surface area contributed by atoms with Crippen molar-refractivity contribution in [2.75, 3.05) is 31.1 Å². The molecule has 31 heavy (non-hydrogen) atoms. The number of anilines is 1. The van der Waals surface area contributed by atoms with Crippen molar-refractivity contribution < 1.29 is 9.18 Å². The van der Waals surface area contributed by atoms with Gasteiger partial charge in [0, 0.05) is 37.1 Å². The summed E-state index contributed by atoms with van der Waals surface area (Å²) in [5.41, 5.74) is 3.82. The van der Waals surface area contributed by atoms with Gasteiger partial charge < -0.3 is 9.80 Å². The molecule has 0 bridgehead atoms. The molecule has 1 aliphatic heterocycles. The van der Waals surface area contributed by atoms with Gasteiger partial charge in [-0.05, 0) is 24.3 Å². The van der Waals surface area contributed by atoms with E-state index < -0.39 is 0 Å². The number of halogens is 1. The van der Waals surface area contributed by atoms with Crippen molar-refractivity contribution in [3.63, 3.8) is 0 Å². The summed E-state index contributed by atoms with van der Waals surface area (Å²) in [6.45, 7) is 2.29. The van der Waals surface area contributed by atoms with Crippen LogP contribution in [0.4, 0.5) is 10.1 Å². The van der Waals surface area contributed by atoms with Crippen LogP contribution in [0.2, 0.25) is 0 Å². The average Bonchev–Trinajstić information content (AvgIpc) is 2.84. The van der Waals surface area contributed by atoms with Crippen LogP contribution < -0.4 is 4.90 Å². The van der Waals surface area contributed by atoms with Crippen LogP contribution >= 0.6 is 0 Å². The van der Waals surface area contributed by atoms with Crippen molar-refractivity contribution in [1.29, 1.82) is 0 Å². The zero-order valence-electron chi connectivity index (χ0n) is 17.0. The lowest BCUT2D eigenvalue weighted by molar-refractivity contribution is 0.0748. The van der Waals surface area contributed by atoms with Gasteiger partial charge in [-0.2, -0.15) is 0 Å². The quantitative estimate of drug-likeness (QED) is 0.476. The van der Waals surface area contributed by atoms with E-state index in [1.54, 1.807) is 12.1 Å². The fraction of sp³-hybridized carbons (Fsp3) is 0.154. The molecule has 0 unspecified atom stereocenters. The highest BCUT2D eigenvalue weighted by Gasteiger charge is 2.25. The minimum atomic E-state index is -0.227. The van der Waals surface area contributed by atoms with Gasteiger partial charge in [-0.25, -0.2) is 9.37 Å². The Bertz CT molecular complexity index is 1230. The molecule has 4 aromatic rings. The predicted molar refractivity (Wildman–Crippen MR) is 122 cm³/mol. The number of hydrogen-bond acceptors (Lipinski definition) is 3. The van der Waals surface area contributed by atoms with E-state index in [2.05, 4.69) is 0 Å². The van der Waals surface area contributed by atoms with Crippen molar-refractivity contribution >= 4 is 22.5 Å². The summed E-state index contributed by atoms with van der Waals surface area (Å²) in [5, 5.41) is 0.851. The summed E-state index contributed by atoms with van der Waals surface area (Å²) in [4.78, 5) is 22.1. The van der Waals surface area contributed by atoms with Crippen molar-refractivity contribution in [2.45, 2.75) is 0 Å². The van der Waals surface area contributed by atoms with Crippen LogP contribution in [0.25, 0.3) is 22.2 Å². The van der Waals surface area contributed by atoms with E-state index in [1.807, 2.05) is 76.5 Å². The molecule has 5 heteroatoms. The number of piperazine rings is 1. The molecule has 2 heterocycles. The third-order valence-corrected chi connectivity index (χ3v) is 5.78. The summed E-state index contributed by atoms with van der Waals surface area (Å²) < 4.78 is 14.1. The lowest BCUT2D eigenvalue weighted by Gasteiger charge is -2.36. The Morgan fingerprint density at radius 2 is 1.48 bits per heavy atom. The van der Waals surface area contributed by atoms with E-state index in [-0.39, 0.29) is 11.7 Å². The van der Waals surface area contributed by atoms with Gasteiger partial charge in [0.05, 0.1) is 22.5 Å². The molecule has 1 aliphatic rings. The zero-order valence-corrected chi connectivity index (χ0v) is 17.0. The van der Waals surface area contributed by atoms with Crippen LogP contribution in [0, 0.1) is 5.82 Å². The number of carbonyl (C=O) groups is 1. The second kappa shape index (κ2) is 8.19. The molecule has 5 rings (SSSR count). The Balaban J connectivity index is 1.44. The smallest absolute Gasteiger partial charge is 0.254 e. The largest absolute Gasteiger partial charge is 0.366 e. The summed E-state index contributed by atoms with van der Waals surface area (Å²) in [5.74, 6) is -0.237. The lowest BCUT2D eigenvalue weighted by Crippen LogP contribution is -2.49. The highest BCUT2D eigenvalue weighted by atomic mass is 19.1. The number of para-hydroxylation sites is 2. The van der Waals surface area contributed by atoms with Crippen molar-refractivity contribution in [3.8, 4) is 11.3 Å². The third kappa shape index (κ3) is 3.75. The number of carbonyl (C=O) groups excluding carboxylic acids is 1. The number of benzene rings is 3. The van der Waals surface area contributed by atoms with Gasteiger partial charge in [0.15, 0.2) is 0 Å². The minimum Gasteiger partial charge on any atom is -0.366 e. The summed E-state index contributed by atoms with van der Waals surface area (Å²) >= 11 is 0. The van der Waals surface area contributed by atoms with E-state index in [1.165, 1.54) is 6.07 Å². The molecule has 0 radical (unpaired) electrons. The molecule has 0 atom stereocenters. The number of aromatic nitrogens is 1. The Hall–Kier alpha value is -3.73. The van der Waals surface area contributed by atoms with Crippen LogP contribution in [-0.2, 0) is 0 Å². The van der Waals surface area contributed by atoms with Gasteiger partial charge in [-0.1, -0.05) is 60.7 Å². The first-order chi connectivity index (χ1) is 15.2. The van der Waals surface area contributed by atoms with Gasteiger partial charge in [0.2, 0.25) is 0 Å². The Morgan fingerprint density at radius 3 is 2.26 bits per heavy atom. The van der Waals surface area contributed by atoms with Crippen molar-refractivity contribution in [1.82, 2.24) is 9.88 Å². The van der Waals surface area contributed by atoms with Crippen molar-refractivity contribution in [3.05, 3.63) is 96.3 Å². The molecule has 3 aromatic carbocycles. The van der Waals surface area contributed by atoms with Crippen LogP contribution in [0.15, 0.2) is 84.9 Å². The van der Waals surface area contributed by atoms with E-state index in [9.17, 15) is 9.18 Å². The average molecular weight is 411 g/mol. The van der Waals surface area contributed by atoms with Crippen LogP contribution in [0.5, 0.6) is 0 Å². The molecular weight excluding hydrogens is 389 g/mol. The van der Waals surface area contributed by atoms with E-state index in [4.69, 9.17) is 4.98 Å². The number of rotatable bonds is 3. The standard InChI is InChI=1S/C26H22FN3O/c27-22-11-5-7-13-25(22)29-14-16-30(17-15-29)26(31)21-18-24(19-8-2-1-3-9-19)28-23-12-6-4-10-20(21)23/h1-13,18H,14-17H2. The minimum absolute atomic E-state index is 0.0102. The first-order valence-electron chi connectivity index (χ1n) is 10.4. The van der Waals surface area contributed by atoms with Crippen LogP contribution in [0.1, 0.15) is 10.4 Å². The highest BCUT2D eigenvalue weighted by Crippen LogP contribution is 2.27. The van der Waals surface area contributed by atoms with Crippen molar-refractivity contribution in [2.24, 2.45) is 0 Å². The van der Waals surface area contributed by atoms with Gasteiger partial charge in [0.1, 0.15) is 5.82 Å². The lowest BCUT2D eigenvalue weighted by atomic mass is 10.0. The first-order valence-corrected chi connectivity index (χ1v) is 10.4. The van der Waals surface area contributed by atoms with Gasteiger partial charge in [-0.15, -0.1) is 0 Å². The maximum absolute atomic E-state index is 14.1. The number of fused-ring (bicyclic) bond motifs is 1. The zero-order chi connectivity index (χ0) is 21.2. The molecule has 1 fully saturated rings. The fourth-order valence-electron chi connectivity index (χ4n) is 4.14. The van der Waals surface area contributed by atoms with Gasteiger partial charge >= 0.3 is 0 Å². The third-order valence-electron chi connectivity index (χ3n) is 5.78. The molecular formula is C26H22FN3O. The summed E-state index contributed by atoms with van der Waals surface area (Å²) in [6, 6.07) is 26.3. The SMILES string of the molecule is O=C(c1cc(-c2ccccc2)nc2ccccc12)N1CCN(c2ccccc2F)CC1. The molecule has 0 aliphatic carbocycles.